The van der Waals surface area contributed by atoms with Crippen molar-refractivity contribution in [2.75, 3.05) is 4.31 Å². The second-order valence-corrected chi connectivity index (χ2v) is 12.5. The molecule has 0 saturated heterocycles. The van der Waals surface area contributed by atoms with E-state index in [0.29, 0.717) is 12.0 Å². The van der Waals surface area contributed by atoms with Crippen molar-refractivity contribution in [3.05, 3.63) is 59.7 Å². The van der Waals surface area contributed by atoms with Crippen LogP contribution in [0.15, 0.2) is 53.4 Å². The van der Waals surface area contributed by atoms with Gasteiger partial charge in [0.15, 0.2) is 0 Å². The number of nitrogens with zero attached hydrogens (tertiary/aromatic N) is 1. The molecule has 1 heterocycles. The zero-order chi connectivity index (χ0) is 22.1. The Kier molecular flexibility index (Phi) is 4.49. The molecule has 0 unspecified atom stereocenters. The third kappa shape index (κ3) is 3.18. The average molecular weight is 451 g/mol. The molecule has 1 amide bonds. The number of anilines is 1. The molecule has 4 aliphatic carbocycles. The second-order valence-electron chi connectivity index (χ2n) is 10.7. The lowest BCUT2D eigenvalue weighted by Crippen LogP contribution is -2.59. The Balaban J connectivity index is 1.28. The van der Waals surface area contributed by atoms with Gasteiger partial charge in [0.1, 0.15) is 0 Å². The number of para-hydroxylation sites is 1. The summed E-state index contributed by atoms with van der Waals surface area (Å²) >= 11 is 0. The standard InChI is InChI=1S/C26H30N2O3S/c1-17-9-21-5-2-3-8-24(21)28(17)32(30,31)23-7-4-6-22(13-23)25(29)27-26-14-18-10-19(15-26)12-20(11-18)16-26/h2-8,13,17-20H,9-12,14-16H2,1H3,(H,27,29)/t17-,18?,19?,20?,26?/m1/s1. The fraction of sp³-hybridized carbons (Fsp3) is 0.500. The number of fused-ring (bicyclic) bond motifs is 1. The first-order chi connectivity index (χ1) is 15.3. The molecule has 1 aliphatic heterocycles. The SMILES string of the molecule is C[C@@H]1Cc2ccccc2N1S(=O)(=O)c1cccc(C(=O)NC23CC4CC(CC(C4)C2)C3)c1. The van der Waals surface area contributed by atoms with Crippen LogP contribution in [0.1, 0.15) is 61.4 Å². The van der Waals surface area contributed by atoms with Crippen LogP contribution in [0.3, 0.4) is 0 Å². The Labute approximate surface area is 190 Å². The molecule has 5 nitrogen and oxygen atoms in total. The molecule has 5 aliphatic rings. The molecule has 4 saturated carbocycles. The molecule has 1 atom stereocenters. The third-order valence-electron chi connectivity index (χ3n) is 8.21. The molecule has 32 heavy (non-hydrogen) atoms. The first kappa shape index (κ1) is 20.3. The Morgan fingerprint density at radius 3 is 2.31 bits per heavy atom. The number of amides is 1. The van der Waals surface area contributed by atoms with Crippen molar-refractivity contribution in [3.8, 4) is 0 Å². The Morgan fingerprint density at radius 1 is 0.969 bits per heavy atom. The van der Waals surface area contributed by atoms with E-state index in [1.165, 1.54) is 23.6 Å². The molecule has 0 radical (unpaired) electrons. The van der Waals surface area contributed by atoms with E-state index in [0.717, 1.165) is 48.3 Å². The number of sulfonamides is 1. The van der Waals surface area contributed by atoms with E-state index in [9.17, 15) is 13.2 Å². The van der Waals surface area contributed by atoms with Crippen LogP contribution in [0, 0.1) is 17.8 Å². The molecule has 0 aromatic heterocycles. The number of benzene rings is 2. The van der Waals surface area contributed by atoms with Crippen LogP contribution in [0.25, 0.3) is 0 Å². The van der Waals surface area contributed by atoms with E-state index in [1.807, 2.05) is 31.2 Å². The Morgan fingerprint density at radius 2 is 1.62 bits per heavy atom. The summed E-state index contributed by atoms with van der Waals surface area (Å²) in [6.07, 6.45) is 7.87. The first-order valence-corrected chi connectivity index (χ1v) is 13.3. The van der Waals surface area contributed by atoms with E-state index in [1.54, 1.807) is 24.3 Å². The molecular formula is C26H30N2O3S. The van der Waals surface area contributed by atoms with Gasteiger partial charge in [-0.2, -0.15) is 0 Å². The summed E-state index contributed by atoms with van der Waals surface area (Å²) in [5.41, 5.74) is 2.12. The minimum atomic E-state index is -3.76. The van der Waals surface area contributed by atoms with Gasteiger partial charge in [-0.1, -0.05) is 24.3 Å². The summed E-state index contributed by atoms with van der Waals surface area (Å²) in [6, 6.07) is 14.1. The van der Waals surface area contributed by atoms with Crippen LogP contribution in [0.2, 0.25) is 0 Å². The molecule has 2 aromatic carbocycles. The molecular weight excluding hydrogens is 420 g/mol. The highest BCUT2D eigenvalue weighted by atomic mass is 32.2. The minimum absolute atomic E-state index is 0.0941. The summed E-state index contributed by atoms with van der Waals surface area (Å²) in [7, 11) is -3.76. The predicted molar refractivity (Wildman–Crippen MR) is 124 cm³/mol. The fourth-order valence-corrected chi connectivity index (χ4v) is 9.13. The van der Waals surface area contributed by atoms with Gasteiger partial charge in [0.2, 0.25) is 0 Å². The molecule has 0 spiro atoms. The Bertz CT molecular complexity index is 1150. The van der Waals surface area contributed by atoms with E-state index in [2.05, 4.69) is 5.32 Å². The van der Waals surface area contributed by atoms with Gasteiger partial charge in [-0.25, -0.2) is 8.42 Å². The molecule has 168 valence electrons. The van der Waals surface area contributed by atoms with Gasteiger partial charge in [-0.3, -0.25) is 9.10 Å². The van der Waals surface area contributed by atoms with Gasteiger partial charge in [0.25, 0.3) is 15.9 Å². The molecule has 1 N–H and O–H groups in total. The van der Waals surface area contributed by atoms with Crippen LogP contribution < -0.4 is 9.62 Å². The molecule has 2 aromatic rings. The van der Waals surface area contributed by atoms with E-state index in [-0.39, 0.29) is 22.4 Å². The van der Waals surface area contributed by atoms with Crippen LogP contribution in [0.4, 0.5) is 5.69 Å². The summed E-state index contributed by atoms with van der Waals surface area (Å²) in [4.78, 5) is 13.5. The zero-order valence-electron chi connectivity index (χ0n) is 18.5. The first-order valence-electron chi connectivity index (χ1n) is 11.9. The topological polar surface area (TPSA) is 66.5 Å². The smallest absolute Gasteiger partial charge is 0.264 e. The zero-order valence-corrected chi connectivity index (χ0v) is 19.3. The van der Waals surface area contributed by atoms with Crippen molar-refractivity contribution in [2.24, 2.45) is 17.8 Å². The van der Waals surface area contributed by atoms with Gasteiger partial charge in [0.05, 0.1) is 10.6 Å². The number of carbonyl (C=O) groups excluding carboxylic acids is 1. The van der Waals surface area contributed by atoms with Crippen LogP contribution in [-0.4, -0.2) is 25.9 Å². The van der Waals surface area contributed by atoms with Gasteiger partial charge in [-0.05, 0) is 99.5 Å². The maximum absolute atomic E-state index is 13.6. The summed E-state index contributed by atoms with van der Waals surface area (Å²) in [5.74, 6) is 2.08. The second kappa shape index (κ2) is 7.08. The lowest BCUT2D eigenvalue weighted by molar-refractivity contribution is -0.0167. The fourth-order valence-electron chi connectivity index (χ4n) is 7.39. The van der Waals surface area contributed by atoms with Crippen molar-refractivity contribution in [2.45, 2.75) is 68.3 Å². The highest BCUT2D eigenvalue weighted by Crippen LogP contribution is 2.55. The van der Waals surface area contributed by atoms with Crippen molar-refractivity contribution in [3.63, 3.8) is 0 Å². The Hall–Kier alpha value is -2.34. The number of nitrogens with one attached hydrogen (secondary N) is 1. The molecule has 7 rings (SSSR count). The summed E-state index contributed by atoms with van der Waals surface area (Å²) < 4.78 is 28.7. The summed E-state index contributed by atoms with van der Waals surface area (Å²) in [5, 5.41) is 3.37. The quantitative estimate of drug-likeness (QED) is 0.745. The maximum atomic E-state index is 13.6. The van der Waals surface area contributed by atoms with E-state index < -0.39 is 10.0 Å². The number of rotatable bonds is 4. The largest absolute Gasteiger partial charge is 0.347 e. The van der Waals surface area contributed by atoms with Crippen molar-refractivity contribution < 1.29 is 13.2 Å². The predicted octanol–water partition coefficient (Wildman–Crippen LogP) is 4.53. The number of hydrogen-bond donors (Lipinski definition) is 1. The number of hydrogen-bond acceptors (Lipinski definition) is 3. The van der Waals surface area contributed by atoms with E-state index >= 15 is 0 Å². The average Bonchev–Trinajstić information content (AvgIpc) is 3.09. The van der Waals surface area contributed by atoms with Crippen molar-refractivity contribution >= 4 is 21.6 Å². The van der Waals surface area contributed by atoms with Gasteiger partial charge in [-0.15, -0.1) is 0 Å². The highest BCUT2D eigenvalue weighted by molar-refractivity contribution is 7.92. The third-order valence-corrected chi connectivity index (χ3v) is 10.1. The van der Waals surface area contributed by atoms with Crippen LogP contribution in [0.5, 0.6) is 0 Å². The van der Waals surface area contributed by atoms with Crippen molar-refractivity contribution in [1.29, 1.82) is 0 Å². The van der Waals surface area contributed by atoms with Crippen LogP contribution in [-0.2, 0) is 16.4 Å². The molecule has 6 heteroatoms. The molecule has 4 fully saturated rings. The lowest BCUT2D eigenvalue weighted by atomic mass is 9.53. The highest BCUT2D eigenvalue weighted by Gasteiger charge is 2.51. The normalized spacial score (nSPS) is 32.7. The van der Waals surface area contributed by atoms with Gasteiger partial charge < -0.3 is 5.32 Å². The van der Waals surface area contributed by atoms with E-state index in [4.69, 9.17) is 0 Å². The summed E-state index contributed by atoms with van der Waals surface area (Å²) in [6.45, 7) is 1.93. The van der Waals surface area contributed by atoms with Gasteiger partial charge >= 0.3 is 0 Å². The molecule has 4 bridgehead atoms. The monoisotopic (exact) mass is 450 g/mol. The maximum Gasteiger partial charge on any atom is 0.264 e. The van der Waals surface area contributed by atoms with Crippen LogP contribution >= 0.6 is 0 Å². The minimum Gasteiger partial charge on any atom is -0.347 e. The van der Waals surface area contributed by atoms with Crippen molar-refractivity contribution in [1.82, 2.24) is 5.32 Å². The lowest BCUT2D eigenvalue weighted by Gasteiger charge is -2.56. The van der Waals surface area contributed by atoms with Gasteiger partial charge in [0, 0.05) is 17.1 Å². The number of carbonyl (C=O) groups is 1.